The first-order valence-electron chi connectivity index (χ1n) is 10.8. The number of ether oxygens (including phenoxy) is 2. The molecular weight excluding hydrogens is 516 g/mol. The van der Waals surface area contributed by atoms with E-state index >= 15 is 0 Å². The number of esters is 1. The summed E-state index contributed by atoms with van der Waals surface area (Å²) in [4.78, 5) is 36.8. The molecule has 0 unspecified atom stereocenters. The third-order valence-corrected chi connectivity index (χ3v) is 6.90. The molecule has 0 spiro atoms. The van der Waals surface area contributed by atoms with Crippen molar-refractivity contribution in [1.29, 1.82) is 0 Å². The van der Waals surface area contributed by atoms with Crippen LogP contribution in [-0.2, 0) is 20.9 Å². The van der Waals surface area contributed by atoms with Crippen LogP contribution >= 0.6 is 27.7 Å². The first-order chi connectivity index (χ1) is 16.6. The Balaban J connectivity index is 1.69. The number of hydrogen-bond donors (Lipinski definition) is 0. The third-order valence-electron chi connectivity index (χ3n) is 5.09. The van der Waals surface area contributed by atoms with Gasteiger partial charge in [-0.15, -0.1) is 0 Å². The molecule has 0 aliphatic rings. The van der Waals surface area contributed by atoms with Crippen LogP contribution < -0.4 is 0 Å². The fourth-order valence-electron chi connectivity index (χ4n) is 3.21. The number of rotatable bonds is 12. The van der Waals surface area contributed by atoms with Crippen LogP contribution in [0.2, 0.25) is 0 Å². The van der Waals surface area contributed by atoms with Gasteiger partial charge in [-0.25, -0.2) is 4.79 Å². The van der Waals surface area contributed by atoms with Crippen molar-refractivity contribution in [3.63, 3.8) is 0 Å². The molecule has 0 N–H and O–H groups in total. The van der Waals surface area contributed by atoms with Crippen LogP contribution in [0.5, 0.6) is 0 Å². The lowest BCUT2D eigenvalue weighted by molar-refractivity contribution is -0.109. The standard InChI is InChI=1S/C27H25BrO5S/c28-24-13-11-20(12-14-24)17-32-19-25(34-27(31)22-9-5-2-6-10-22)23(15-16-29)18-33-26(30)21-7-3-1-4-8-21/h1-14,16,23,25H,15,17-19H2/t23-,25-/m1/s1. The molecule has 7 heteroatoms. The molecule has 0 saturated heterocycles. The fourth-order valence-corrected chi connectivity index (χ4v) is 4.57. The monoisotopic (exact) mass is 540 g/mol. The maximum absolute atomic E-state index is 12.9. The first-order valence-corrected chi connectivity index (χ1v) is 12.5. The van der Waals surface area contributed by atoms with E-state index in [1.54, 1.807) is 48.5 Å². The quantitative estimate of drug-likeness (QED) is 0.208. The van der Waals surface area contributed by atoms with Crippen LogP contribution in [0.25, 0.3) is 0 Å². The van der Waals surface area contributed by atoms with Crippen LogP contribution in [0.4, 0.5) is 0 Å². The summed E-state index contributed by atoms with van der Waals surface area (Å²) < 4.78 is 12.4. The zero-order valence-corrected chi connectivity index (χ0v) is 20.9. The van der Waals surface area contributed by atoms with E-state index in [-0.39, 0.29) is 35.9 Å². The van der Waals surface area contributed by atoms with Gasteiger partial charge < -0.3 is 14.3 Å². The molecule has 0 aliphatic carbocycles. The lowest BCUT2D eigenvalue weighted by Crippen LogP contribution is -2.30. The maximum atomic E-state index is 12.9. The number of carbonyl (C=O) groups is 3. The topological polar surface area (TPSA) is 69.7 Å². The van der Waals surface area contributed by atoms with Crippen molar-refractivity contribution in [1.82, 2.24) is 0 Å². The molecule has 3 aromatic rings. The minimum Gasteiger partial charge on any atom is -0.462 e. The molecule has 2 atom stereocenters. The summed E-state index contributed by atoms with van der Waals surface area (Å²) in [5.74, 6) is -0.849. The summed E-state index contributed by atoms with van der Waals surface area (Å²) >= 11 is 4.52. The van der Waals surface area contributed by atoms with Gasteiger partial charge in [-0.1, -0.05) is 88.4 Å². The van der Waals surface area contributed by atoms with Crippen molar-refractivity contribution in [2.75, 3.05) is 13.2 Å². The Labute approximate surface area is 212 Å². The molecule has 0 radical (unpaired) electrons. The average molecular weight is 541 g/mol. The van der Waals surface area contributed by atoms with E-state index in [1.807, 2.05) is 36.4 Å². The second-order valence-corrected chi connectivity index (χ2v) is 9.71. The van der Waals surface area contributed by atoms with Crippen molar-refractivity contribution < 1.29 is 23.9 Å². The van der Waals surface area contributed by atoms with Gasteiger partial charge in [0, 0.05) is 27.6 Å². The number of hydrogen-bond acceptors (Lipinski definition) is 6. The predicted molar refractivity (Wildman–Crippen MR) is 137 cm³/mol. The molecular formula is C27H25BrO5S. The van der Waals surface area contributed by atoms with Crippen molar-refractivity contribution >= 4 is 45.1 Å². The van der Waals surface area contributed by atoms with E-state index in [2.05, 4.69) is 15.9 Å². The Kier molecular flexibility index (Phi) is 10.5. The first kappa shape index (κ1) is 25.9. The van der Waals surface area contributed by atoms with Crippen molar-refractivity contribution in [3.8, 4) is 0 Å². The Bertz CT molecular complexity index is 1060. The highest BCUT2D eigenvalue weighted by molar-refractivity contribution is 9.10. The minimum atomic E-state index is -0.467. The summed E-state index contributed by atoms with van der Waals surface area (Å²) in [6, 6.07) is 25.4. The van der Waals surface area contributed by atoms with Gasteiger partial charge in [0.05, 0.1) is 25.4 Å². The molecule has 0 aromatic heterocycles. The second kappa shape index (κ2) is 13.8. The van der Waals surface area contributed by atoms with E-state index < -0.39 is 5.97 Å². The molecule has 34 heavy (non-hydrogen) atoms. The van der Waals surface area contributed by atoms with Gasteiger partial charge in [0.25, 0.3) is 0 Å². The van der Waals surface area contributed by atoms with Crippen LogP contribution in [0.15, 0.2) is 89.4 Å². The summed E-state index contributed by atoms with van der Waals surface area (Å²) in [6.45, 7) is 0.593. The SMILES string of the molecule is O=CC[C@H](COC(=O)c1ccccc1)[C@@H](COCc1ccc(Br)cc1)SC(=O)c1ccccc1. The summed E-state index contributed by atoms with van der Waals surface area (Å²) in [5.41, 5.74) is 1.99. The Morgan fingerprint density at radius 3 is 2.09 bits per heavy atom. The Hall–Kier alpha value is -2.74. The molecule has 0 saturated carbocycles. The fraction of sp³-hybridized carbons (Fsp3) is 0.222. The highest BCUT2D eigenvalue weighted by Gasteiger charge is 2.27. The molecule has 5 nitrogen and oxygen atoms in total. The summed E-state index contributed by atoms with van der Waals surface area (Å²) in [6.07, 6.45) is 0.930. The molecule has 3 rings (SSSR count). The van der Waals surface area contributed by atoms with Gasteiger partial charge in [0.15, 0.2) is 0 Å². The molecule has 0 fully saturated rings. The number of carbonyl (C=O) groups excluding carboxylic acids is 3. The second-order valence-electron chi connectivity index (χ2n) is 7.58. The molecule has 0 bridgehead atoms. The third kappa shape index (κ3) is 8.24. The van der Waals surface area contributed by atoms with E-state index in [0.717, 1.165) is 28.1 Å². The largest absolute Gasteiger partial charge is 0.462 e. The zero-order chi connectivity index (χ0) is 24.2. The van der Waals surface area contributed by atoms with Crippen LogP contribution in [0.1, 0.15) is 32.7 Å². The van der Waals surface area contributed by atoms with Gasteiger partial charge >= 0.3 is 5.97 Å². The lowest BCUT2D eigenvalue weighted by atomic mass is 10.0. The Morgan fingerprint density at radius 2 is 1.47 bits per heavy atom. The number of benzene rings is 3. The van der Waals surface area contributed by atoms with Gasteiger partial charge in [0.1, 0.15) is 6.29 Å². The molecule has 0 aliphatic heterocycles. The summed E-state index contributed by atoms with van der Waals surface area (Å²) in [7, 11) is 0. The van der Waals surface area contributed by atoms with Gasteiger partial charge in [-0.3, -0.25) is 4.79 Å². The Morgan fingerprint density at radius 1 is 0.853 bits per heavy atom. The van der Waals surface area contributed by atoms with Crippen LogP contribution in [0.3, 0.4) is 0 Å². The minimum absolute atomic E-state index is 0.00779. The van der Waals surface area contributed by atoms with Gasteiger partial charge in [-0.05, 0) is 29.8 Å². The summed E-state index contributed by atoms with van der Waals surface area (Å²) in [5, 5.41) is -0.500. The number of thioether (sulfide) groups is 1. The van der Waals surface area contributed by atoms with E-state index in [4.69, 9.17) is 9.47 Å². The zero-order valence-electron chi connectivity index (χ0n) is 18.5. The molecule has 176 valence electrons. The van der Waals surface area contributed by atoms with Crippen molar-refractivity contribution in [3.05, 3.63) is 106 Å². The van der Waals surface area contributed by atoms with Crippen molar-refractivity contribution in [2.45, 2.75) is 18.3 Å². The molecule has 0 heterocycles. The number of halogens is 1. The molecule has 3 aromatic carbocycles. The highest BCUT2D eigenvalue weighted by atomic mass is 79.9. The lowest BCUT2D eigenvalue weighted by Gasteiger charge is -2.24. The van der Waals surface area contributed by atoms with Gasteiger partial charge in [0.2, 0.25) is 5.12 Å². The van der Waals surface area contributed by atoms with E-state index in [9.17, 15) is 14.4 Å². The van der Waals surface area contributed by atoms with Crippen LogP contribution in [0, 0.1) is 5.92 Å². The van der Waals surface area contributed by atoms with Gasteiger partial charge in [-0.2, -0.15) is 0 Å². The highest BCUT2D eigenvalue weighted by Crippen LogP contribution is 2.27. The molecule has 0 amide bonds. The van der Waals surface area contributed by atoms with E-state index in [0.29, 0.717) is 17.7 Å². The normalized spacial score (nSPS) is 12.5. The van der Waals surface area contributed by atoms with Crippen molar-refractivity contribution in [2.24, 2.45) is 5.92 Å². The average Bonchev–Trinajstić information content (AvgIpc) is 2.88. The smallest absolute Gasteiger partial charge is 0.338 e. The van der Waals surface area contributed by atoms with Crippen LogP contribution in [-0.4, -0.2) is 35.8 Å². The number of aldehydes is 1. The van der Waals surface area contributed by atoms with E-state index in [1.165, 1.54) is 0 Å². The predicted octanol–water partition coefficient (Wildman–Crippen LogP) is 5.97. The maximum Gasteiger partial charge on any atom is 0.338 e.